The van der Waals surface area contributed by atoms with Crippen LogP contribution in [0, 0.1) is 0 Å². The van der Waals surface area contributed by atoms with E-state index in [2.05, 4.69) is 18.8 Å². The number of benzene rings is 1. The van der Waals surface area contributed by atoms with E-state index in [1.807, 2.05) is 42.5 Å². The van der Waals surface area contributed by atoms with E-state index in [0.717, 1.165) is 12.0 Å². The molecule has 0 atom stereocenters. The Kier molecular flexibility index (Phi) is 6.36. The molecular weight excluding hydrogens is 300 g/mol. The number of rotatable bonds is 6. The van der Waals surface area contributed by atoms with Crippen LogP contribution in [-0.2, 0) is 15.0 Å². The summed E-state index contributed by atoms with van der Waals surface area (Å²) >= 11 is 0. The van der Waals surface area contributed by atoms with Crippen molar-refractivity contribution in [3.63, 3.8) is 0 Å². The number of carbonyl (C=O) groups is 2. The van der Waals surface area contributed by atoms with Gasteiger partial charge in [-0.2, -0.15) is 0 Å². The van der Waals surface area contributed by atoms with Gasteiger partial charge in [0.25, 0.3) is 0 Å². The second kappa shape index (κ2) is 8.48. The van der Waals surface area contributed by atoms with Gasteiger partial charge in [0, 0.05) is 19.6 Å². The number of allylic oxidation sites excluding steroid dienone is 1. The van der Waals surface area contributed by atoms with E-state index in [1.54, 1.807) is 4.90 Å². The average Bonchev–Trinajstić information content (AvgIpc) is 2.65. The fourth-order valence-corrected chi connectivity index (χ4v) is 3.21. The largest absolute Gasteiger partial charge is 0.352 e. The Labute approximate surface area is 144 Å². The molecular formula is C20H26N2O2. The molecule has 0 aromatic heterocycles. The standard InChI is InChI=1S/C20H26N2O2/c1-3-5-9-14-21-19(24)20(17-10-7-6-8-11-17)12-15-22(16-13-20)18(23)4-2/h4-11H,2-3,12-16H2,1H3,(H,21,24)/b9-5+. The van der Waals surface area contributed by atoms with Crippen molar-refractivity contribution in [3.05, 3.63) is 60.7 Å². The molecule has 0 aliphatic carbocycles. The molecule has 24 heavy (non-hydrogen) atoms. The fraction of sp³-hybridized carbons (Fsp3) is 0.400. The average molecular weight is 326 g/mol. The van der Waals surface area contributed by atoms with Crippen LogP contribution in [0.4, 0.5) is 0 Å². The number of hydrogen-bond acceptors (Lipinski definition) is 2. The molecule has 1 aromatic rings. The highest BCUT2D eigenvalue weighted by Gasteiger charge is 2.43. The molecule has 1 N–H and O–H groups in total. The quantitative estimate of drug-likeness (QED) is 0.645. The predicted octanol–water partition coefficient (Wildman–Crippen LogP) is 2.82. The number of amides is 2. The molecule has 4 nitrogen and oxygen atoms in total. The maximum absolute atomic E-state index is 13.0. The van der Waals surface area contributed by atoms with Crippen LogP contribution in [0.2, 0.25) is 0 Å². The van der Waals surface area contributed by atoms with Gasteiger partial charge in [0.15, 0.2) is 0 Å². The molecule has 1 heterocycles. The van der Waals surface area contributed by atoms with E-state index < -0.39 is 5.41 Å². The van der Waals surface area contributed by atoms with Crippen LogP contribution < -0.4 is 5.32 Å². The van der Waals surface area contributed by atoms with Crippen molar-refractivity contribution in [2.75, 3.05) is 19.6 Å². The molecule has 1 aliphatic heterocycles. The second-order valence-corrected chi connectivity index (χ2v) is 6.07. The smallest absolute Gasteiger partial charge is 0.245 e. The summed E-state index contributed by atoms with van der Waals surface area (Å²) in [6.07, 6.45) is 7.57. The Balaban J connectivity index is 2.18. The number of hydrogen-bond donors (Lipinski definition) is 1. The Morgan fingerprint density at radius 1 is 1.21 bits per heavy atom. The van der Waals surface area contributed by atoms with E-state index >= 15 is 0 Å². The fourth-order valence-electron chi connectivity index (χ4n) is 3.21. The highest BCUT2D eigenvalue weighted by atomic mass is 16.2. The van der Waals surface area contributed by atoms with Crippen molar-refractivity contribution in [2.24, 2.45) is 0 Å². The van der Waals surface area contributed by atoms with E-state index in [9.17, 15) is 9.59 Å². The van der Waals surface area contributed by atoms with Crippen LogP contribution in [0.25, 0.3) is 0 Å². The summed E-state index contributed by atoms with van der Waals surface area (Å²) < 4.78 is 0. The van der Waals surface area contributed by atoms with Gasteiger partial charge in [-0.3, -0.25) is 9.59 Å². The summed E-state index contributed by atoms with van der Waals surface area (Å²) in [5, 5.41) is 3.04. The first kappa shape index (κ1) is 18.0. The molecule has 0 spiro atoms. The molecule has 128 valence electrons. The minimum Gasteiger partial charge on any atom is -0.352 e. The van der Waals surface area contributed by atoms with Gasteiger partial charge in [-0.1, -0.05) is 56.0 Å². The van der Waals surface area contributed by atoms with E-state index in [-0.39, 0.29) is 11.8 Å². The van der Waals surface area contributed by atoms with Crippen LogP contribution in [0.3, 0.4) is 0 Å². The van der Waals surface area contributed by atoms with Gasteiger partial charge in [-0.25, -0.2) is 0 Å². The second-order valence-electron chi connectivity index (χ2n) is 6.07. The number of nitrogens with zero attached hydrogens (tertiary/aromatic N) is 1. The summed E-state index contributed by atoms with van der Waals surface area (Å²) in [6, 6.07) is 9.89. The monoisotopic (exact) mass is 326 g/mol. The molecule has 0 bridgehead atoms. The molecule has 1 saturated heterocycles. The minimum atomic E-state index is -0.570. The van der Waals surface area contributed by atoms with Crippen molar-refractivity contribution in [3.8, 4) is 0 Å². The summed E-state index contributed by atoms with van der Waals surface area (Å²) in [5.41, 5.74) is 0.451. The Hall–Kier alpha value is -2.36. The Morgan fingerprint density at radius 3 is 2.46 bits per heavy atom. The lowest BCUT2D eigenvalue weighted by Gasteiger charge is -2.40. The van der Waals surface area contributed by atoms with Gasteiger partial charge in [0.1, 0.15) is 0 Å². The maximum atomic E-state index is 13.0. The first-order valence-corrected chi connectivity index (χ1v) is 8.54. The van der Waals surface area contributed by atoms with Gasteiger partial charge >= 0.3 is 0 Å². The molecule has 0 radical (unpaired) electrons. The number of likely N-dealkylation sites (tertiary alicyclic amines) is 1. The summed E-state index contributed by atoms with van der Waals surface area (Å²) in [4.78, 5) is 26.5. The molecule has 4 heteroatoms. The molecule has 1 aromatic carbocycles. The van der Waals surface area contributed by atoms with Crippen molar-refractivity contribution in [1.29, 1.82) is 0 Å². The SMILES string of the molecule is C=CC(=O)N1CCC(C(=O)NC/C=C/CC)(c2ccccc2)CC1. The van der Waals surface area contributed by atoms with E-state index in [0.29, 0.717) is 32.5 Å². The van der Waals surface area contributed by atoms with Gasteiger partial charge in [0.2, 0.25) is 11.8 Å². The highest BCUT2D eigenvalue weighted by Crippen LogP contribution is 2.36. The molecule has 0 saturated carbocycles. The third-order valence-electron chi connectivity index (χ3n) is 4.65. The number of nitrogens with one attached hydrogen (secondary N) is 1. The highest BCUT2D eigenvalue weighted by molar-refractivity contribution is 5.90. The Morgan fingerprint density at radius 2 is 1.88 bits per heavy atom. The normalized spacial score (nSPS) is 16.8. The van der Waals surface area contributed by atoms with Gasteiger partial charge in [-0.05, 0) is 30.9 Å². The third kappa shape index (κ3) is 3.94. The van der Waals surface area contributed by atoms with Crippen molar-refractivity contribution in [1.82, 2.24) is 10.2 Å². The summed E-state index contributed by atoms with van der Waals surface area (Å²) in [5.74, 6) is -0.0249. The molecule has 2 amide bonds. The number of piperidine rings is 1. The van der Waals surface area contributed by atoms with Crippen LogP contribution in [0.1, 0.15) is 31.7 Å². The lowest BCUT2D eigenvalue weighted by molar-refractivity contribution is -0.133. The van der Waals surface area contributed by atoms with Crippen LogP contribution in [0.5, 0.6) is 0 Å². The van der Waals surface area contributed by atoms with Crippen molar-refractivity contribution < 1.29 is 9.59 Å². The van der Waals surface area contributed by atoms with Crippen molar-refractivity contribution >= 4 is 11.8 Å². The van der Waals surface area contributed by atoms with Gasteiger partial charge < -0.3 is 10.2 Å². The maximum Gasteiger partial charge on any atom is 0.245 e. The van der Waals surface area contributed by atoms with Crippen molar-refractivity contribution in [2.45, 2.75) is 31.6 Å². The van der Waals surface area contributed by atoms with Gasteiger partial charge in [-0.15, -0.1) is 0 Å². The zero-order chi connectivity index (χ0) is 17.4. The van der Waals surface area contributed by atoms with Crippen LogP contribution in [-0.4, -0.2) is 36.3 Å². The van der Waals surface area contributed by atoms with Gasteiger partial charge in [0.05, 0.1) is 5.41 Å². The first-order chi connectivity index (χ1) is 11.6. The first-order valence-electron chi connectivity index (χ1n) is 8.54. The molecule has 1 aliphatic rings. The molecule has 1 fully saturated rings. The van der Waals surface area contributed by atoms with Crippen LogP contribution >= 0.6 is 0 Å². The van der Waals surface area contributed by atoms with E-state index in [1.165, 1.54) is 6.08 Å². The third-order valence-corrected chi connectivity index (χ3v) is 4.65. The summed E-state index contributed by atoms with van der Waals surface area (Å²) in [7, 11) is 0. The minimum absolute atomic E-state index is 0.0418. The topological polar surface area (TPSA) is 49.4 Å². The zero-order valence-corrected chi connectivity index (χ0v) is 14.3. The number of carbonyl (C=O) groups excluding carboxylic acids is 2. The summed E-state index contributed by atoms with van der Waals surface area (Å²) in [6.45, 7) is 7.28. The molecule has 0 unspecified atom stereocenters. The molecule has 2 rings (SSSR count). The van der Waals surface area contributed by atoms with Crippen LogP contribution in [0.15, 0.2) is 55.1 Å². The van der Waals surface area contributed by atoms with E-state index in [4.69, 9.17) is 0 Å². The zero-order valence-electron chi connectivity index (χ0n) is 14.3. The lowest BCUT2D eigenvalue weighted by Crippen LogP contribution is -2.52. The Bertz CT molecular complexity index is 599. The predicted molar refractivity (Wildman–Crippen MR) is 96.6 cm³/mol. The lowest BCUT2D eigenvalue weighted by atomic mass is 9.72.